The topological polar surface area (TPSA) is 73.8 Å². The molecule has 1 aromatic heterocycles. The molecule has 2 aliphatic carbocycles. The van der Waals surface area contributed by atoms with Gasteiger partial charge in [0.2, 0.25) is 0 Å². The number of fused-ring (bicyclic) bond motifs is 5. The summed E-state index contributed by atoms with van der Waals surface area (Å²) in [6, 6.07) is 13.5. The van der Waals surface area contributed by atoms with Crippen LogP contribution in [0.2, 0.25) is 5.02 Å². The van der Waals surface area contributed by atoms with Gasteiger partial charge >= 0.3 is 6.01 Å². The number of aromatic nitrogens is 2. The maximum Gasteiger partial charge on any atom is 0.319 e. The summed E-state index contributed by atoms with van der Waals surface area (Å²) < 4.78 is 22.9. The van der Waals surface area contributed by atoms with Crippen molar-refractivity contribution in [1.82, 2.24) is 20.2 Å². The van der Waals surface area contributed by atoms with Gasteiger partial charge in [0.05, 0.1) is 11.6 Å². The monoisotopic (exact) mass is 559 g/mol. The second-order valence-electron chi connectivity index (χ2n) is 12.4. The van der Waals surface area contributed by atoms with Gasteiger partial charge in [-0.25, -0.2) is 4.39 Å². The van der Waals surface area contributed by atoms with Gasteiger partial charge in [-0.05, 0) is 74.3 Å². The molecule has 0 amide bonds. The van der Waals surface area contributed by atoms with E-state index in [9.17, 15) is 5.11 Å². The van der Waals surface area contributed by atoms with Gasteiger partial charge < -0.3 is 25.0 Å². The van der Waals surface area contributed by atoms with Gasteiger partial charge in [0.25, 0.3) is 0 Å². The molecular formula is C31H31ClFN5O2. The van der Waals surface area contributed by atoms with E-state index in [1.165, 1.54) is 0 Å². The number of rotatable bonds is 6. The minimum atomic E-state index is -0.538. The standard InChI is InChI=1S/C31H31ClFN5O2/c1-37(2)31-14-30(31,15-31)16-40-29-35-27-23(28(36-29)38-12-18-7-8-19(13-38)34-18)11-24(32)25(26(27)33)22-10-20(39)9-17-5-3-4-6-21(17)22/h3-6,9-11,18-19,34,39H,7-8,12-16H2,1-2H3. The summed E-state index contributed by atoms with van der Waals surface area (Å²) in [7, 11) is 4.23. The molecule has 3 heterocycles. The van der Waals surface area contributed by atoms with Gasteiger partial charge in [-0.15, -0.1) is 0 Å². The van der Waals surface area contributed by atoms with Crippen LogP contribution in [-0.4, -0.2) is 71.4 Å². The number of benzene rings is 3. The summed E-state index contributed by atoms with van der Waals surface area (Å²) in [5.74, 6) is 0.170. The Hall–Kier alpha value is -3.20. The second kappa shape index (κ2) is 8.41. The lowest BCUT2D eigenvalue weighted by Crippen LogP contribution is -2.51. The van der Waals surface area contributed by atoms with Crippen LogP contribution in [0.5, 0.6) is 11.8 Å². The van der Waals surface area contributed by atoms with Crippen LogP contribution in [0, 0.1) is 11.2 Å². The van der Waals surface area contributed by atoms with Gasteiger partial charge in [-0.1, -0.05) is 35.9 Å². The molecule has 0 radical (unpaired) electrons. The highest BCUT2D eigenvalue weighted by Crippen LogP contribution is 2.80. The lowest BCUT2D eigenvalue weighted by atomic mass is 9.96. The molecule has 2 bridgehead atoms. The summed E-state index contributed by atoms with van der Waals surface area (Å²) in [6.07, 6.45) is 4.44. The molecule has 4 aromatic rings. The number of hydrogen-bond acceptors (Lipinski definition) is 7. The Labute approximate surface area is 236 Å². The van der Waals surface area contributed by atoms with Crippen LogP contribution in [-0.2, 0) is 0 Å². The Balaban J connectivity index is 1.27. The van der Waals surface area contributed by atoms with Gasteiger partial charge in [0.15, 0.2) is 5.82 Å². The van der Waals surface area contributed by atoms with Gasteiger partial charge in [-0.3, -0.25) is 0 Å². The molecule has 2 saturated heterocycles. The Morgan fingerprint density at radius 3 is 2.58 bits per heavy atom. The highest BCUT2D eigenvalue weighted by atomic mass is 35.5. The van der Waals surface area contributed by atoms with Crippen molar-refractivity contribution in [1.29, 1.82) is 0 Å². The van der Waals surface area contributed by atoms with Crippen LogP contribution in [0.25, 0.3) is 32.8 Å². The normalized spacial score (nSPS) is 28.4. The lowest BCUT2D eigenvalue weighted by Gasteiger charge is -2.34. The third-order valence-electron chi connectivity index (χ3n) is 9.81. The molecule has 7 nitrogen and oxygen atoms in total. The number of ether oxygens (including phenoxy) is 1. The molecule has 2 atom stereocenters. The number of phenols is 1. The van der Waals surface area contributed by atoms with Crippen molar-refractivity contribution in [3.8, 4) is 22.9 Å². The zero-order valence-corrected chi connectivity index (χ0v) is 23.3. The molecular weight excluding hydrogens is 529 g/mol. The van der Waals surface area contributed by atoms with Gasteiger partial charge in [0.1, 0.15) is 17.1 Å². The zero-order valence-electron chi connectivity index (χ0n) is 22.5. The number of piperazine rings is 1. The molecule has 4 aliphatic rings. The van der Waals surface area contributed by atoms with E-state index < -0.39 is 5.82 Å². The number of aromatic hydroxyl groups is 1. The average Bonchev–Trinajstić information content (AvgIpc) is 3.73. The quantitative estimate of drug-likeness (QED) is 0.329. The fourth-order valence-corrected chi connectivity index (χ4v) is 7.69. The predicted molar refractivity (Wildman–Crippen MR) is 155 cm³/mol. The summed E-state index contributed by atoms with van der Waals surface area (Å²) >= 11 is 6.85. The molecule has 2 saturated carbocycles. The maximum absolute atomic E-state index is 16.7. The third-order valence-corrected chi connectivity index (χ3v) is 10.1. The van der Waals surface area contributed by atoms with E-state index in [1.54, 1.807) is 18.2 Å². The first-order valence-electron chi connectivity index (χ1n) is 14.0. The predicted octanol–water partition coefficient (Wildman–Crippen LogP) is 5.36. The van der Waals surface area contributed by atoms with Crippen LogP contribution < -0.4 is 15.0 Å². The van der Waals surface area contributed by atoms with Crippen molar-refractivity contribution >= 4 is 39.1 Å². The molecule has 40 heavy (non-hydrogen) atoms. The highest BCUT2D eigenvalue weighted by molar-refractivity contribution is 6.35. The van der Waals surface area contributed by atoms with Crippen molar-refractivity contribution in [2.24, 2.45) is 5.41 Å². The van der Waals surface area contributed by atoms with Gasteiger partial charge in [0, 0.05) is 47.1 Å². The van der Waals surface area contributed by atoms with E-state index in [2.05, 4.69) is 34.2 Å². The largest absolute Gasteiger partial charge is 0.508 e. The van der Waals surface area contributed by atoms with E-state index >= 15 is 4.39 Å². The van der Waals surface area contributed by atoms with Crippen molar-refractivity contribution in [2.75, 3.05) is 38.7 Å². The molecule has 0 spiro atoms. The third kappa shape index (κ3) is 3.55. The van der Waals surface area contributed by atoms with Crippen molar-refractivity contribution < 1.29 is 14.2 Å². The van der Waals surface area contributed by atoms with E-state index in [1.807, 2.05) is 24.3 Å². The van der Waals surface area contributed by atoms with E-state index in [4.69, 9.17) is 21.3 Å². The molecule has 9 heteroatoms. The average molecular weight is 560 g/mol. The number of anilines is 1. The number of nitrogens with zero attached hydrogens (tertiary/aromatic N) is 4. The van der Waals surface area contributed by atoms with Crippen molar-refractivity contribution in [2.45, 2.75) is 43.3 Å². The fraction of sp³-hybridized carbons (Fsp3) is 0.419. The van der Waals surface area contributed by atoms with Crippen molar-refractivity contribution in [3.63, 3.8) is 0 Å². The molecule has 2 unspecified atom stereocenters. The van der Waals surface area contributed by atoms with Crippen LogP contribution in [0.4, 0.5) is 10.2 Å². The SMILES string of the molecule is CN(C)C12CC1(COc1nc(N3CC4CCC(C3)N4)c3cc(Cl)c(-c4cc(O)cc5ccccc45)c(F)c3n1)C2. The number of phenolic OH excluding ortho intramolecular Hbond substituents is 1. The minimum Gasteiger partial charge on any atom is -0.508 e. The Bertz CT molecular complexity index is 1690. The summed E-state index contributed by atoms with van der Waals surface area (Å²) in [6.45, 7) is 2.09. The van der Waals surface area contributed by atoms with E-state index in [0.29, 0.717) is 35.5 Å². The Morgan fingerprint density at radius 2 is 1.85 bits per heavy atom. The number of halogens is 2. The molecule has 2 aliphatic heterocycles. The molecule has 2 N–H and O–H groups in total. The maximum atomic E-state index is 16.7. The minimum absolute atomic E-state index is 0.0467. The summed E-state index contributed by atoms with van der Waals surface area (Å²) in [4.78, 5) is 14.0. The summed E-state index contributed by atoms with van der Waals surface area (Å²) in [5.41, 5.74) is 1.29. The molecule has 4 fully saturated rings. The molecule has 206 valence electrons. The second-order valence-corrected chi connectivity index (χ2v) is 12.8. The first-order valence-corrected chi connectivity index (χ1v) is 14.4. The first kappa shape index (κ1) is 24.6. The van der Waals surface area contributed by atoms with E-state index in [0.717, 1.165) is 49.5 Å². The number of nitrogens with one attached hydrogen (secondary N) is 1. The van der Waals surface area contributed by atoms with E-state index in [-0.39, 0.29) is 38.8 Å². The molecule has 3 aromatic carbocycles. The van der Waals surface area contributed by atoms with Crippen LogP contribution in [0.15, 0.2) is 42.5 Å². The summed E-state index contributed by atoms with van der Waals surface area (Å²) in [5, 5.41) is 16.6. The Kier molecular flexibility index (Phi) is 5.17. The lowest BCUT2D eigenvalue weighted by molar-refractivity contribution is 0.247. The molecule has 8 rings (SSSR count). The zero-order chi connectivity index (χ0) is 27.4. The number of hydrogen-bond donors (Lipinski definition) is 2. The Morgan fingerprint density at radius 1 is 1.10 bits per heavy atom. The van der Waals surface area contributed by atoms with Crippen LogP contribution in [0.1, 0.15) is 25.7 Å². The van der Waals surface area contributed by atoms with Gasteiger partial charge in [-0.2, -0.15) is 9.97 Å². The van der Waals surface area contributed by atoms with Crippen LogP contribution >= 0.6 is 11.6 Å². The van der Waals surface area contributed by atoms with Crippen LogP contribution in [0.3, 0.4) is 0 Å². The fourth-order valence-electron chi connectivity index (χ4n) is 7.39. The van der Waals surface area contributed by atoms with Crippen molar-refractivity contribution in [3.05, 3.63) is 53.3 Å². The first-order chi connectivity index (χ1) is 19.3. The smallest absolute Gasteiger partial charge is 0.319 e. The highest BCUT2D eigenvalue weighted by Gasteiger charge is 2.84.